The van der Waals surface area contributed by atoms with Gasteiger partial charge in [0.05, 0.1) is 11.1 Å². The molecule has 2 aromatic heterocycles. The summed E-state index contributed by atoms with van der Waals surface area (Å²) in [5, 5.41) is 1.14. The van der Waals surface area contributed by atoms with Crippen molar-refractivity contribution in [3.63, 3.8) is 0 Å². The molecule has 3 aromatic rings. The SMILES string of the molecule is C=CCn1c(SCC(=O)N(C)Cc2ccc(F)cc2)nc2sc(C)c(C)c2c1=O. The molecule has 0 saturated carbocycles. The Morgan fingerprint density at radius 1 is 1.34 bits per heavy atom. The van der Waals surface area contributed by atoms with E-state index in [0.717, 1.165) is 16.0 Å². The molecule has 1 aromatic carbocycles. The Labute approximate surface area is 176 Å². The van der Waals surface area contributed by atoms with Gasteiger partial charge in [-0.3, -0.25) is 14.2 Å². The fraction of sp³-hybridized carbons (Fsp3) is 0.286. The first-order valence-corrected chi connectivity index (χ1v) is 10.8. The number of nitrogens with zero attached hydrogens (tertiary/aromatic N) is 3. The summed E-state index contributed by atoms with van der Waals surface area (Å²) in [5.74, 6) is -0.257. The van der Waals surface area contributed by atoms with Gasteiger partial charge in [0.2, 0.25) is 5.91 Å². The zero-order chi connectivity index (χ0) is 21.1. The van der Waals surface area contributed by atoms with Crippen molar-refractivity contribution in [3.05, 3.63) is 69.1 Å². The molecule has 1 amide bonds. The van der Waals surface area contributed by atoms with Crippen LogP contribution >= 0.6 is 23.1 Å². The minimum absolute atomic E-state index is 0.0997. The summed E-state index contributed by atoms with van der Waals surface area (Å²) in [6, 6.07) is 6.07. The number of carbonyl (C=O) groups excluding carboxylic acids is 1. The standard InChI is InChI=1S/C21H22FN3O2S2/c1-5-10-25-20(27)18-13(2)14(3)29-19(18)23-21(25)28-12-17(26)24(4)11-15-6-8-16(22)9-7-15/h5-9H,1,10-12H2,2-4H3. The molecule has 2 heterocycles. The first-order chi connectivity index (χ1) is 13.8. The van der Waals surface area contributed by atoms with Crippen molar-refractivity contribution in [3.8, 4) is 0 Å². The molecule has 0 radical (unpaired) electrons. The Hall–Kier alpha value is -2.45. The quantitative estimate of drug-likeness (QED) is 0.320. The Kier molecular flexibility index (Phi) is 6.54. The van der Waals surface area contributed by atoms with E-state index in [4.69, 9.17) is 0 Å². The fourth-order valence-corrected chi connectivity index (χ4v) is 4.92. The van der Waals surface area contributed by atoms with E-state index in [2.05, 4.69) is 11.6 Å². The topological polar surface area (TPSA) is 55.2 Å². The van der Waals surface area contributed by atoms with Gasteiger partial charge < -0.3 is 4.90 Å². The minimum atomic E-state index is -0.306. The van der Waals surface area contributed by atoms with E-state index in [-0.39, 0.29) is 23.0 Å². The van der Waals surface area contributed by atoms with Crippen LogP contribution in [0.15, 0.2) is 46.9 Å². The van der Waals surface area contributed by atoms with Gasteiger partial charge >= 0.3 is 0 Å². The van der Waals surface area contributed by atoms with Gasteiger partial charge in [-0.25, -0.2) is 9.37 Å². The van der Waals surface area contributed by atoms with Gasteiger partial charge in [-0.2, -0.15) is 0 Å². The lowest BCUT2D eigenvalue weighted by Crippen LogP contribution is -2.28. The Balaban J connectivity index is 1.79. The number of fused-ring (bicyclic) bond motifs is 1. The number of thioether (sulfide) groups is 1. The molecule has 0 N–H and O–H groups in total. The van der Waals surface area contributed by atoms with E-state index < -0.39 is 0 Å². The number of hydrogen-bond donors (Lipinski definition) is 0. The molecule has 0 saturated heterocycles. The molecule has 5 nitrogen and oxygen atoms in total. The van der Waals surface area contributed by atoms with Crippen molar-refractivity contribution in [2.24, 2.45) is 0 Å². The second kappa shape index (κ2) is 8.92. The van der Waals surface area contributed by atoms with Crippen molar-refractivity contribution in [1.82, 2.24) is 14.5 Å². The predicted molar refractivity (Wildman–Crippen MR) is 117 cm³/mol. The van der Waals surface area contributed by atoms with Crippen molar-refractivity contribution < 1.29 is 9.18 Å². The van der Waals surface area contributed by atoms with Gasteiger partial charge in [-0.15, -0.1) is 17.9 Å². The highest BCUT2D eigenvalue weighted by Crippen LogP contribution is 2.28. The molecular formula is C21H22FN3O2S2. The Bertz CT molecular complexity index is 1120. The molecule has 8 heteroatoms. The summed E-state index contributed by atoms with van der Waals surface area (Å²) in [7, 11) is 1.70. The van der Waals surface area contributed by atoms with E-state index >= 15 is 0 Å². The number of aryl methyl sites for hydroxylation is 2. The van der Waals surface area contributed by atoms with E-state index in [9.17, 15) is 14.0 Å². The van der Waals surface area contributed by atoms with Gasteiger partial charge in [0.25, 0.3) is 5.56 Å². The number of benzene rings is 1. The third kappa shape index (κ3) is 4.59. The summed E-state index contributed by atoms with van der Waals surface area (Å²) in [5.41, 5.74) is 1.69. The van der Waals surface area contributed by atoms with E-state index in [1.54, 1.807) is 34.7 Å². The molecule has 0 atom stereocenters. The highest BCUT2D eigenvalue weighted by atomic mass is 32.2. The van der Waals surface area contributed by atoms with Gasteiger partial charge in [0.1, 0.15) is 10.6 Å². The van der Waals surface area contributed by atoms with Gasteiger partial charge in [0, 0.05) is 25.0 Å². The lowest BCUT2D eigenvalue weighted by atomic mass is 10.2. The summed E-state index contributed by atoms with van der Waals surface area (Å²) >= 11 is 2.73. The van der Waals surface area contributed by atoms with Crippen LogP contribution in [0.2, 0.25) is 0 Å². The highest BCUT2D eigenvalue weighted by Gasteiger charge is 2.18. The maximum absolute atomic E-state index is 13.0. The molecule has 0 fully saturated rings. The zero-order valence-electron chi connectivity index (χ0n) is 16.6. The second-order valence-corrected chi connectivity index (χ2v) is 8.87. The van der Waals surface area contributed by atoms with Crippen molar-refractivity contribution >= 4 is 39.2 Å². The van der Waals surface area contributed by atoms with Crippen molar-refractivity contribution in [2.75, 3.05) is 12.8 Å². The molecule has 0 aliphatic carbocycles. The first kappa shape index (κ1) is 21.3. The molecule has 0 aliphatic rings. The number of carbonyl (C=O) groups is 1. The van der Waals surface area contributed by atoms with Crippen molar-refractivity contribution in [1.29, 1.82) is 0 Å². The average Bonchev–Trinajstić information content (AvgIpc) is 2.98. The summed E-state index contributed by atoms with van der Waals surface area (Å²) in [6.07, 6.45) is 1.65. The number of rotatable bonds is 7. The normalized spacial score (nSPS) is 11.0. The van der Waals surface area contributed by atoms with Crippen LogP contribution in [0.5, 0.6) is 0 Å². The average molecular weight is 432 g/mol. The number of amides is 1. The number of halogens is 1. The van der Waals surface area contributed by atoms with Gasteiger partial charge in [0.15, 0.2) is 5.16 Å². The van der Waals surface area contributed by atoms with Crippen LogP contribution in [0, 0.1) is 19.7 Å². The lowest BCUT2D eigenvalue weighted by molar-refractivity contribution is -0.127. The van der Waals surface area contributed by atoms with Crippen LogP contribution < -0.4 is 5.56 Å². The van der Waals surface area contributed by atoms with Gasteiger partial charge in [-0.05, 0) is 37.1 Å². The fourth-order valence-electron chi connectivity index (χ4n) is 2.90. The van der Waals surface area contributed by atoms with Crippen LogP contribution in [0.25, 0.3) is 10.2 Å². The minimum Gasteiger partial charge on any atom is -0.341 e. The van der Waals surface area contributed by atoms with Crippen LogP contribution in [0.1, 0.15) is 16.0 Å². The first-order valence-electron chi connectivity index (χ1n) is 9.04. The van der Waals surface area contributed by atoms with Gasteiger partial charge in [-0.1, -0.05) is 30.0 Å². The predicted octanol–water partition coefficient (Wildman–Crippen LogP) is 4.15. The zero-order valence-corrected chi connectivity index (χ0v) is 18.2. The monoisotopic (exact) mass is 431 g/mol. The number of aromatic nitrogens is 2. The smallest absolute Gasteiger partial charge is 0.263 e. The number of allylic oxidation sites excluding steroid dienone is 1. The maximum Gasteiger partial charge on any atom is 0.263 e. The maximum atomic E-state index is 13.0. The van der Waals surface area contributed by atoms with Crippen LogP contribution in [0.4, 0.5) is 4.39 Å². The van der Waals surface area contributed by atoms with Crippen LogP contribution in [-0.2, 0) is 17.9 Å². The largest absolute Gasteiger partial charge is 0.341 e. The lowest BCUT2D eigenvalue weighted by Gasteiger charge is -2.17. The molecule has 0 unspecified atom stereocenters. The van der Waals surface area contributed by atoms with Crippen LogP contribution in [-0.4, -0.2) is 33.2 Å². The third-order valence-electron chi connectivity index (χ3n) is 4.65. The number of thiophene rings is 1. The second-order valence-electron chi connectivity index (χ2n) is 6.73. The summed E-state index contributed by atoms with van der Waals surface area (Å²) in [6.45, 7) is 8.34. The summed E-state index contributed by atoms with van der Waals surface area (Å²) in [4.78, 5) is 33.5. The van der Waals surface area contributed by atoms with Crippen LogP contribution in [0.3, 0.4) is 0 Å². The van der Waals surface area contributed by atoms with Crippen molar-refractivity contribution in [2.45, 2.75) is 32.1 Å². The Morgan fingerprint density at radius 2 is 2.03 bits per heavy atom. The molecule has 0 aliphatic heterocycles. The molecule has 0 bridgehead atoms. The Morgan fingerprint density at radius 3 is 2.69 bits per heavy atom. The molecule has 29 heavy (non-hydrogen) atoms. The van der Waals surface area contributed by atoms with E-state index in [1.165, 1.54) is 35.2 Å². The highest BCUT2D eigenvalue weighted by molar-refractivity contribution is 7.99. The number of hydrogen-bond acceptors (Lipinski definition) is 5. The molecule has 3 rings (SSSR count). The summed E-state index contributed by atoms with van der Waals surface area (Å²) < 4.78 is 14.6. The van der Waals surface area contributed by atoms with E-state index in [1.807, 2.05) is 13.8 Å². The molecular weight excluding hydrogens is 409 g/mol. The van der Waals surface area contributed by atoms with E-state index in [0.29, 0.717) is 28.5 Å². The third-order valence-corrected chi connectivity index (χ3v) is 6.71. The molecule has 152 valence electrons. The molecule has 0 spiro atoms.